The highest BCUT2D eigenvalue weighted by atomic mass is 35.5. The van der Waals surface area contributed by atoms with E-state index in [1.807, 2.05) is 60.5 Å². The van der Waals surface area contributed by atoms with Crippen LogP contribution in [-0.2, 0) is 21.7 Å². The first kappa shape index (κ1) is 21.8. The molecular formula is C22H27ClN2O3. The third-order valence-corrected chi connectivity index (χ3v) is 5.48. The minimum atomic E-state index is -0.386. The van der Waals surface area contributed by atoms with Crippen LogP contribution in [0.4, 0.5) is 4.79 Å². The van der Waals surface area contributed by atoms with Crippen molar-refractivity contribution < 1.29 is 14.3 Å². The maximum Gasteiger partial charge on any atom is 0.410 e. The number of benzene rings is 2. The third kappa shape index (κ3) is 4.65. The van der Waals surface area contributed by atoms with Gasteiger partial charge in [-0.1, -0.05) is 60.7 Å². The second kappa shape index (κ2) is 9.60. The summed E-state index contributed by atoms with van der Waals surface area (Å²) in [5.41, 5.74) is 1.70. The fourth-order valence-corrected chi connectivity index (χ4v) is 3.74. The van der Waals surface area contributed by atoms with E-state index in [2.05, 4.69) is 12.1 Å². The minimum absolute atomic E-state index is 0. The van der Waals surface area contributed by atoms with Crippen LogP contribution in [0, 0.1) is 0 Å². The Morgan fingerprint density at radius 1 is 1.00 bits per heavy atom. The van der Waals surface area contributed by atoms with Crippen LogP contribution in [0.25, 0.3) is 0 Å². The van der Waals surface area contributed by atoms with Gasteiger partial charge in [0, 0.05) is 27.1 Å². The molecule has 0 radical (unpaired) electrons. The van der Waals surface area contributed by atoms with Gasteiger partial charge in [-0.15, -0.1) is 12.4 Å². The molecule has 1 saturated heterocycles. The van der Waals surface area contributed by atoms with E-state index in [1.54, 1.807) is 11.8 Å². The summed E-state index contributed by atoms with van der Waals surface area (Å²) in [6, 6.07) is 19.7. The van der Waals surface area contributed by atoms with Crippen molar-refractivity contribution in [2.45, 2.75) is 31.9 Å². The van der Waals surface area contributed by atoms with Gasteiger partial charge in [-0.25, -0.2) is 4.79 Å². The van der Waals surface area contributed by atoms with E-state index in [4.69, 9.17) is 4.74 Å². The standard InChI is InChI=1S/C22H26N2O3.ClH/c1-18(25)23(2)22(20-11-7-4-8-12-20)13-15-24(16-14-22)21(26)27-17-19-9-5-3-6-10-19;/h3-12H,13-17H2,1-2H3;1H. The molecule has 0 saturated carbocycles. The van der Waals surface area contributed by atoms with Crippen LogP contribution in [0.2, 0.25) is 0 Å². The Labute approximate surface area is 172 Å². The van der Waals surface area contributed by atoms with Gasteiger partial charge >= 0.3 is 6.09 Å². The number of hydrogen-bond acceptors (Lipinski definition) is 3. The molecule has 0 spiro atoms. The lowest BCUT2D eigenvalue weighted by Crippen LogP contribution is -2.54. The predicted octanol–water partition coefficient (Wildman–Crippen LogP) is 4.21. The Bertz CT molecular complexity index is 775. The number of nitrogens with zero attached hydrogens (tertiary/aromatic N) is 2. The molecule has 1 fully saturated rings. The van der Waals surface area contributed by atoms with Gasteiger partial charge in [0.05, 0.1) is 5.54 Å². The molecule has 2 aromatic rings. The van der Waals surface area contributed by atoms with E-state index < -0.39 is 0 Å². The fraction of sp³-hybridized carbons (Fsp3) is 0.364. The van der Waals surface area contributed by atoms with E-state index in [-0.39, 0.29) is 36.6 Å². The van der Waals surface area contributed by atoms with Crippen LogP contribution in [0.1, 0.15) is 30.9 Å². The molecule has 3 rings (SSSR count). The zero-order valence-electron chi connectivity index (χ0n) is 16.3. The molecule has 0 atom stereocenters. The van der Waals surface area contributed by atoms with Crippen molar-refractivity contribution in [2.75, 3.05) is 20.1 Å². The molecule has 2 amide bonds. The molecule has 1 aliphatic heterocycles. The van der Waals surface area contributed by atoms with Crippen LogP contribution in [0.15, 0.2) is 60.7 Å². The van der Waals surface area contributed by atoms with Crippen molar-refractivity contribution in [3.05, 3.63) is 71.8 Å². The summed E-state index contributed by atoms with van der Waals surface area (Å²) in [7, 11) is 1.85. The summed E-state index contributed by atoms with van der Waals surface area (Å²) < 4.78 is 5.46. The normalized spacial score (nSPS) is 15.3. The van der Waals surface area contributed by atoms with Crippen molar-refractivity contribution in [3.8, 4) is 0 Å². The molecule has 0 aliphatic carbocycles. The molecule has 0 N–H and O–H groups in total. The summed E-state index contributed by atoms with van der Waals surface area (Å²) in [5.74, 6) is 0.0268. The lowest BCUT2D eigenvalue weighted by Gasteiger charge is -2.47. The Kier molecular flexibility index (Phi) is 7.46. The summed E-state index contributed by atoms with van der Waals surface area (Å²) in [6.07, 6.45) is 1.08. The average Bonchev–Trinajstić information content (AvgIpc) is 2.73. The number of piperidine rings is 1. The van der Waals surface area contributed by atoms with Gasteiger partial charge in [-0.05, 0) is 24.0 Å². The van der Waals surface area contributed by atoms with Crippen molar-refractivity contribution in [3.63, 3.8) is 0 Å². The van der Waals surface area contributed by atoms with Crippen molar-refractivity contribution in [2.24, 2.45) is 0 Å². The maximum atomic E-state index is 12.4. The van der Waals surface area contributed by atoms with Gasteiger partial charge in [0.25, 0.3) is 0 Å². The van der Waals surface area contributed by atoms with E-state index in [0.717, 1.165) is 11.1 Å². The second-order valence-electron chi connectivity index (χ2n) is 7.00. The van der Waals surface area contributed by atoms with Gasteiger partial charge in [0.1, 0.15) is 6.61 Å². The monoisotopic (exact) mass is 402 g/mol. The van der Waals surface area contributed by atoms with Crippen LogP contribution in [-0.4, -0.2) is 41.9 Å². The first-order chi connectivity index (χ1) is 13.0. The molecule has 0 bridgehead atoms. The van der Waals surface area contributed by atoms with E-state index in [1.165, 1.54) is 0 Å². The van der Waals surface area contributed by atoms with Crippen molar-refractivity contribution in [1.82, 2.24) is 9.80 Å². The van der Waals surface area contributed by atoms with Gasteiger partial charge < -0.3 is 14.5 Å². The summed E-state index contributed by atoms with van der Waals surface area (Å²) in [6.45, 7) is 2.97. The summed E-state index contributed by atoms with van der Waals surface area (Å²) in [5, 5.41) is 0. The Balaban J connectivity index is 0.00000280. The van der Waals surface area contributed by atoms with Crippen LogP contribution >= 0.6 is 12.4 Å². The quantitative estimate of drug-likeness (QED) is 0.769. The average molecular weight is 403 g/mol. The number of carbonyl (C=O) groups is 2. The molecule has 0 aromatic heterocycles. The van der Waals surface area contributed by atoms with Gasteiger partial charge in [0.2, 0.25) is 5.91 Å². The van der Waals surface area contributed by atoms with Gasteiger partial charge in [-0.2, -0.15) is 0 Å². The Morgan fingerprint density at radius 2 is 1.54 bits per heavy atom. The predicted molar refractivity (Wildman–Crippen MR) is 111 cm³/mol. The van der Waals surface area contributed by atoms with Gasteiger partial charge in [-0.3, -0.25) is 4.79 Å². The SMILES string of the molecule is CC(=O)N(C)C1(c2ccccc2)CCN(C(=O)OCc2ccccc2)CC1.Cl. The first-order valence-electron chi connectivity index (χ1n) is 9.28. The molecule has 0 unspecified atom stereocenters. The molecule has 6 heteroatoms. The highest BCUT2D eigenvalue weighted by molar-refractivity contribution is 5.85. The largest absolute Gasteiger partial charge is 0.445 e. The number of hydrogen-bond donors (Lipinski definition) is 0. The lowest BCUT2D eigenvalue weighted by atomic mass is 9.79. The fourth-order valence-electron chi connectivity index (χ4n) is 3.74. The van der Waals surface area contributed by atoms with Crippen LogP contribution < -0.4 is 0 Å². The molecular weight excluding hydrogens is 376 g/mol. The molecule has 150 valence electrons. The van der Waals surface area contributed by atoms with Crippen LogP contribution in [0.3, 0.4) is 0 Å². The summed E-state index contributed by atoms with van der Waals surface area (Å²) in [4.78, 5) is 28.1. The second-order valence-corrected chi connectivity index (χ2v) is 7.00. The lowest BCUT2D eigenvalue weighted by molar-refractivity contribution is -0.135. The van der Waals surface area contributed by atoms with Crippen LogP contribution in [0.5, 0.6) is 0 Å². The zero-order valence-corrected chi connectivity index (χ0v) is 17.2. The number of ether oxygens (including phenoxy) is 1. The van der Waals surface area contributed by atoms with Crippen molar-refractivity contribution >= 4 is 24.4 Å². The van der Waals surface area contributed by atoms with E-state index in [0.29, 0.717) is 25.9 Å². The Hall–Kier alpha value is -2.53. The highest BCUT2D eigenvalue weighted by Crippen LogP contribution is 2.38. The molecule has 1 heterocycles. The number of amides is 2. The molecule has 1 aliphatic rings. The number of carbonyl (C=O) groups excluding carboxylic acids is 2. The smallest absolute Gasteiger partial charge is 0.410 e. The van der Waals surface area contributed by atoms with Crippen molar-refractivity contribution in [1.29, 1.82) is 0 Å². The summed E-state index contributed by atoms with van der Waals surface area (Å²) >= 11 is 0. The zero-order chi connectivity index (χ0) is 19.3. The molecule has 2 aromatic carbocycles. The van der Waals surface area contributed by atoms with E-state index in [9.17, 15) is 9.59 Å². The number of likely N-dealkylation sites (tertiary alicyclic amines) is 1. The molecule has 28 heavy (non-hydrogen) atoms. The van der Waals surface area contributed by atoms with Gasteiger partial charge in [0.15, 0.2) is 0 Å². The molecule has 5 nitrogen and oxygen atoms in total. The number of rotatable bonds is 4. The highest BCUT2D eigenvalue weighted by Gasteiger charge is 2.42. The first-order valence-corrected chi connectivity index (χ1v) is 9.28. The maximum absolute atomic E-state index is 12.4. The number of halogens is 1. The van der Waals surface area contributed by atoms with E-state index >= 15 is 0 Å². The minimum Gasteiger partial charge on any atom is -0.445 e. The Morgan fingerprint density at radius 3 is 2.07 bits per heavy atom. The topological polar surface area (TPSA) is 49.9 Å². The third-order valence-electron chi connectivity index (χ3n) is 5.48.